The minimum absolute atomic E-state index is 0.0399. The van der Waals surface area contributed by atoms with Crippen molar-refractivity contribution >= 4 is 0 Å². The summed E-state index contributed by atoms with van der Waals surface area (Å²) in [6.07, 6.45) is 15.1. The Morgan fingerprint density at radius 1 is 0.480 bits per heavy atom. The molecule has 0 heterocycles. The Balaban J connectivity index is 2.16. The first-order valence-corrected chi connectivity index (χ1v) is 10.4. The summed E-state index contributed by atoms with van der Waals surface area (Å²) in [5, 5.41) is 0. The van der Waals surface area contributed by atoms with E-state index in [1.54, 1.807) is 0 Å². The van der Waals surface area contributed by atoms with Gasteiger partial charge in [0.2, 0.25) is 0 Å². The fourth-order valence-corrected chi connectivity index (χ4v) is 6.15. The molecule has 0 aromatic rings. The molecule has 25 heavy (non-hydrogen) atoms. The van der Waals surface area contributed by atoms with Crippen molar-refractivity contribution < 1.29 is 0 Å². The Labute approximate surface area is 155 Å². The van der Waals surface area contributed by atoms with Gasteiger partial charge < -0.3 is 0 Å². The third-order valence-corrected chi connectivity index (χ3v) is 7.17. The van der Waals surface area contributed by atoms with Crippen molar-refractivity contribution in [2.75, 3.05) is 39.3 Å². The number of likely N-dealkylation sites (N-methyl/N-ethyl adjacent to an activating group) is 3. The molecule has 0 atom stereocenters. The van der Waals surface area contributed by atoms with Crippen LogP contribution in [0, 0.1) is 5.92 Å². The molecule has 0 saturated carbocycles. The Morgan fingerprint density at radius 3 is 0.840 bits per heavy atom. The van der Waals surface area contributed by atoms with E-state index in [2.05, 4.69) is 92.7 Å². The zero-order valence-electron chi connectivity index (χ0n) is 17.1. The summed E-state index contributed by atoms with van der Waals surface area (Å²) >= 11 is 0. The van der Waals surface area contributed by atoms with Crippen LogP contribution in [0.2, 0.25) is 0 Å². The minimum atomic E-state index is 0.0399. The van der Waals surface area contributed by atoms with Crippen molar-refractivity contribution in [3.8, 4) is 0 Å². The van der Waals surface area contributed by atoms with E-state index in [4.69, 9.17) is 0 Å². The van der Waals surface area contributed by atoms with Gasteiger partial charge in [0, 0.05) is 5.92 Å². The Hall–Kier alpha value is -0.900. The molecule has 0 unspecified atom stereocenters. The van der Waals surface area contributed by atoms with Gasteiger partial charge in [-0.1, -0.05) is 78.0 Å². The maximum absolute atomic E-state index is 2.66. The lowest BCUT2D eigenvalue weighted by atomic mass is 9.72. The molecule has 0 bridgehead atoms. The second-order valence-corrected chi connectivity index (χ2v) is 7.61. The van der Waals surface area contributed by atoms with Gasteiger partial charge in [0.25, 0.3) is 0 Å². The predicted molar refractivity (Wildman–Crippen MR) is 108 cm³/mol. The van der Waals surface area contributed by atoms with Crippen LogP contribution < -0.4 is 0 Å². The van der Waals surface area contributed by atoms with Gasteiger partial charge >= 0.3 is 0 Å². The van der Waals surface area contributed by atoms with Crippen LogP contribution in [0.5, 0.6) is 0 Å². The molecular formula is C22H37N3. The fraction of sp³-hybridized carbons (Fsp3) is 0.727. The average Bonchev–Trinajstić information content (AvgIpc) is 3.25. The van der Waals surface area contributed by atoms with E-state index >= 15 is 0 Å². The van der Waals surface area contributed by atoms with Gasteiger partial charge in [0.1, 0.15) is 0 Å². The normalized spacial score (nSPS) is 38.0. The summed E-state index contributed by atoms with van der Waals surface area (Å²) in [6, 6.07) is 0. The van der Waals surface area contributed by atoms with Crippen molar-refractivity contribution in [2.24, 2.45) is 5.92 Å². The van der Waals surface area contributed by atoms with E-state index in [0.29, 0.717) is 5.92 Å². The van der Waals surface area contributed by atoms with Crippen LogP contribution in [0.15, 0.2) is 36.5 Å². The highest BCUT2D eigenvalue weighted by molar-refractivity contribution is 5.56. The van der Waals surface area contributed by atoms with Gasteiger partial charge in [-0.05, 0) is 39.3 Å². The highest BCUT2D eigenvalue weighted by atomic mass is 15.3. The lowest BCUT2D eigenvalue weighted by Gasteiger charge is -2.52. The van der Waals surface area contributed by atoms with Crippen molar-refractivity contribution in [3.05, 3.63) is 36.5 Å². The topological polar surface area (TPSA) is 9.72 Å². The standard InChI is InChI=1S/C22H37N3/c1-7-23(8-2)20-13-15-21(24(9-3)10-4)17-18-22(16-14-20,19(20)21)25(11-5)12-6/h13-19H,7-12H2,1-6H3. The van der Waals surface area contributed by atoms with E-state index < -0.39 is 0 Å². The maximum atomic E-state index is 2.66. The van der Waals surface area contributed by atoms with E-state index in [0.717, 1.165) is 39.3 Å². The van der Waals surface area contributed by atoms with Gasteiger partial charge in [-0.15, -0.1) is 0 Å². The van der Waals surface area contributed by atoms with E-state index in [1.165, 1.54) is 0 Å². The van der Waals surface area contributed by atoms with Crippen molar-refractivity contribution in [3.63, 3.8) is 0 Å². The van der Waals surface area contributed by atoms with E-state index in [9.17, 15) is 0 Å². The predicted octanol–water partition coefficient (Wildman–Crippen LogP) is 3.55. The quantitative estimate of drug-likeness (QED) is 0.593. The number of hydrogen-bond donors (Lipinski definition) is 0. The molecule has 3 aliphatic rings. The van der Waals surface area contributed by atoms with Gasteiger partial charge in [0.15, 0.2) is 0 Å². The SMILES string of the molecule is CCN(CC)C12C=CC3(N(CC)CC)C=CC(N(CC)CC)(C=C1)C23. The Morgan fingerprint density at radius 2 is 0.680 bits per heavy atom. The summed E-state index contributed by atoms with van der Waals surface area (Å²) < 4.78 is 0. The first kappa shape index (κ1) is 18.9. The molecule has 0 aromatic carbocycles. The zero-order chi connectivity index (χ0) is 18.3. The van der Waals surface area contributed by atoms with Crippen molar-refractivity contribution in [1.29, 1.82) is 0 Å². The highest BCUT2D eigenvalue weighted by Gasteiger charge is 2.68. The minimum Gasteiger partial charge on any atom is -0.291 e. The second kappa shape index (κ2) is 6.68. The monoisotopic (exact) mass is 343 g/mol. The first-order valence-electron chi connectivity index (χ1n) is 10.4. The number of hydrogen-bond acceptors (Lipinski definition) is 3. The smallest absolute Gasteiger partial charge is 0.0653 e. The largest absolute Gasteiger partial charge is 0.291 e. The summed E-state index contributed by atoms with van der Waals surface area (Å²) in [4.78, 5) is 7.98. The van der Waals surface area contributed by atoms with Crippen molar-refractivity contribution in [2.45, 2.75) is 58.2 Å². The molecule has 0 saturated heterocycles. The third-order valence-electron chi connectivity index (χ3n) is 7.17. The highest BCUT2D eigenvalue weighted by Crippen LogP contribution is 2.60. The van der Waals surface area contributed by atoms with Crippen LogP contribution in [0.3, 0.4) is 0 Å². The van der Waals surface area contributed by atoms with E-state index in [-0.39, 0.29) is 16.6 Å². The molecule has 3 heteroatoms. The van der Waals surface area contributed by atoms with Crippen LogP contribution in [0.1, 0.15) is 41.5 Å². The average molecular weight is 344 g/mol. The van der Waals surface area contributed by atoms with Crippen LogP contribution in [-0.2, 0) is 0 Å². The molecule has 0 N–H and O–H groups in total. The molecule has 0 fully saturated rings. The molecule has 140 valence electrons. The summed E-state index contributed by atoms with van der Waals surface area (Å²) in [6.45, 7) is 20.3. The van der Waals surface area contributed by atoms with E-state index in [1.807, 2.05) is 0 Å². The molecule has 3 rings (SSSR count). The van der Waals surface area contributed by atoms with Gasteiger partial charge in [0.05, 0.1) is 16.6 Å². The molecule has 3 nitrogen and oxygen atoms in total. The molecule has 0 aliphatic heterocycles. The zero-order valence-corrected chi connectivity index (χ0v) is 17.1. The lowest BCUT2D eigenvalue weighted by Crippen LogP contribution is -2.64. The van der Waals surface area contributed by atoms with Gasteiger partial charge in [-0.2, -0.15) is 0 Å². The van der Waals surface area contributed by atoms with Gasteiger partial charge in [-0.3, -0.25) is 14.7 Å². The van der Waals surface area contributed by atoms with Crippen LogP contribution >= 0.6 is 0 Å². The van der Waals surface area contributed by atoms with Gasteiger partial charge in [-0.25, -0.2) is 0 Å². The first-order chi connectivity index (χ1) is 12.0. The maximum Gasteiger partial charge on any atom is 0.0653 e. The summed E-state index contributed by atoms with van der Waals surface area (Å²) in [5.74, 6) is 0.507. The number of rotatable bonds is 9. The molecule has 0 radical (unpaired) electrons. The Bertz CT molecular complexity index is 463. The fourth-order valence-electron chi connectivity index (χ4n) is 6.15. The third kappa shape index (κ3) is 2.22. The molecule has 3 aliphatic carbocycles. The van der Waals surface area contributed by atoms with Crippen LogP contribution in [0.25, 0.3) is 0 Å². The van der Waals surface area contributed by atoms with Crippen molar-refractivity contribution in [1.82, 2.24) is 14.7 Å². The molecular weight excluding hydrogens is 306 g/mol. The summed E-state index contributed by atoms with van der Waals surface area (Å²) in [5.41, 5.74) is 0.120. The van der Waals surface area contributed by atoms with Crippen LogP contribution in [-0.4, -0.2) is 70.6 Å². The molecule has 0 aromatic heterocycles. The number of nitrogens with zero attached hydrogens (tertiary/aromatic N) is 3. The molecule has 0 spiro atoms. The lowest BCUT2D eigenvalue weighted by molar-refractivity contribution is 0.00579. The Kier molecular flexibility index (Phi) is 5.04. The summed E-state index contributed by atoms with van der Waals surface area (Å²) in [7, 11) is 0. The second-order valence-electron chi connectivity index (χ2n) is 7.61. The van der Waals surface area contributed by atoms with Crippen LogP contribution in [0.4, 0.5) is 0 Å². The molecule has 0 amide bonds.